The first-order valence-electron chi connectivity index (χ1n) is 6.19. The molecular weight excluding hydrogens is 170 g/mol. The average molecular weight is 195 g/mol. The van der Waals surface area contributed by atoms with Crippen LogP contribution in [-0.2, 0) is 0 Å². The largest absolute Gasteiger partial charge is 0.316 e. The van der Waals surface area contributed by atoms with Crippen molar-refractivity contribution in [1.29, 1.82) is 0 Å². The van der Waals surface area contributed by atoms with E-state index in [0.717, 1.165) is 19.0 Å². The molecule has 0 radical (unpaired) electrons. The van der Waals surface area contributed by atoms with E-state index >= 15 is 0 Å². The van der Waals surface area contributed by atoms with Gasteiger partial charge in [-0.2, -0.15) is 0 Å². The minimum atomic E-state index is 1.08. The van der Waals surface area contributed by atoms with E-state index in [9.17, 15) is 0 Å². The summed E-state index contributed by atoms with van der Waals surface area (Å²) in [6.45, 7) is 6.80. The first-order chi connectivity index (χ1) is 6.83. The summed E-state index contributed by atoms with van der Waals surface area (Å²) in [5.41, 5.74) is 1.59. The smallest absolute Gasteiger partial charge is 0.00142 e. The van der Waals surface area contributed by atoms with Crippen molar-refractivity contribution in [2.45, 2.75) is 52.4 Å². The maximum absolute atomic E-state index is 3.42. The van der Waals surface area contributed by atoms with Crippen LogP contribution in [0.25, 0.3) is 0 Å². The number of hydrogen-bond acceptors (Lipinski definition) is 1. The molecule has 14 heavy (non-hydrogen) atoms. The zero-order chi connectivity index (χ0) is 10.2. The lowest BCUT2D eigenvalue weighted by Gasteiger charge is -2.02. The Hall–Kier alpha value is -0.300. The monoisotopic (exact) mass is 195 g/mol. The topological polar surface area (TPSA) is 12.0 Å². The van der Waals surface area contributed by atoms with E-state index in [0.29, 0.717) is 0 Å². The van der Waals surface area contributed by atoms with Gasteiger partial charge < -0.3 is 5.32 Å². The Balaban J connectivity index is 1.92. The molecule has 0 amide bonds. The van der Waals surface area contributed by atoms with Gasteiger partial charge in [-0.15, -0.1) is 0 Å². The van der Waals surface area contributed by atoms with Crippen LogP contribution in [-0.4, -0.2) is 13.1 Å². The van der Waals surface area contributed by atoms with E-state index < -0.39 is 0 Å². The van der Waals surface area contributed by atoms with Crippen LogP contribution in [0, 0.1) is 5.92 Å². The fourth-order valence-electron chi connectivity index (χ4n) is 1.66. The summed E-state index contributed by atoms with van der Waals surface area (Å²) in [6.07, 6.45) is 10.6. The van der Waals surface area contributed by atoms with Crippen molar-refractivity contribution < 1.29 is 0 Å². The lowest BCUT2D eigenvalue weighted by atomic mass is 10.1. The highest BCUT2D eigenvalue weighted by molar-refractivity contribution is 4.99. The third-order valence-electron chi connectivity index (χ3n) is 2.88. The SMILES string of the molecule is CCCNCCC=C(C)CCC1CC1. The van der Waals surface area contributed by atoms with Gasteiger partial charge in [-0.1, -0.05) is 31.4 Å². The van der Waals surface area contributed by atoms with Crippen molar-refractivity contribution in [2.75, 3.05) is 13.1 Å². The fraction of sp³-hybridized carbons (Fsp3) is 0.846. The van der Waals surface area contributed by atoms with E-state index in [1.54, 1.807) is 5.57 Å². The highest BCUT2D eigenvalue weighted by Crippen LogP contribution is 2.34. The average Bonchev–Trinajstić information content (AvgIpc) is 2.98. The van der Waals surface area contributed by atoms with Crippen molar-refractivity contribution in [3.63, 3.8) is 0 Å². The van der Waals surface area contributed by atoms with Gasteiger partial charge in [0, 0.05) is 0 Å². The van der Waals surface area contributed by atoms with Crippen LogP contribution in [0.15, 0.2) is 11.6 Å². The van der Waals surface area contributed by atoms with Gasteiger partial charge in [0.2, 0.25) is 0 Å². The van der Waals surface area contributed by atoms with Gasteiger partial charge in [0.05, 0.1) is 0 Å². The van der Waals surface area contributed by atoms with E-state index in [2.05, 4.69) is 25.2 Å². The summed E-state index contributed by atoms with van der Waals surface area (Å²) in [4.78, 5) is 0. The Morgan fingerprint density at radius 1 is 1.36 bits per heavy atom. The van der Waals surface area contributed by atoms with Crippen LogP contribution < -0.4 is 5.32 Å². The van der Waals surface area contributed by atoms with Crippen molar-refractivity contribution in [1.82, 2.24) is 5.32 Å². The molecule has 0 aliphatic heterocycles. The van der Waals surface area contributed by atoms with E-state index in [1.807, 2.05) is 0 Å². The van der Waals surface area contributed by atoms with Crippen LogP contribution in [0.2, 0.25) is 0 Å². The molecule has 0 spiro atoms. The predicted octanol–water partition coefficient (Wildman–Crippen LogP) is 3.51. The second-order valence-electron chi connectivity index (χ2n) is 4.57. The first-order valence-corrected chi connectivity index (χ1v) is 6.19. The molecule has 0 aromatic carbocycles. The van der Waals surface area contributed by atoms with Gasteiger partial charge in [0.25, 0.3) is 0 Å². The van der Waals surface area contributed by atoms with Gasteiger partial charge in [0.1, 0.15) is 0 Å². The van der Waals surface area contributed by atoms with E-state index in [4.69, 9.17) is 0 Å². The van der Waals surface area contributed by atoms with Crippen molar-refractivity contribution in [3.8, 4) is 0 Å². The third-order valence-corrected chi connectivity index (χ3v) is 2.88. The van der Waals surface area contributed by atoms with E-state index in [-0.39, 0.29) is 0 Å². The Labute approximate surface area is 89.0 Å². The number of allylic oxidation sites excluding steroid dienone is 1. The minimum absolute atomic E-state index is 1.08. The second kappa shape index (κ2) is 7.05. The molecule has 0 atom stereocenters. The highest BCUT2D eigenvalue weighted by Gasteiger charge is 2.20. The molecule has 0 bridgehead atoms. The van der Waals surface area contributed by atoms with Crippen LogP contribution in [0.1, 0.15) is 52.4 Å². The maximum Gasteiger partial charge on any atom is -0.00142 e. The van der Waals surface area contributed by atoms with Gasteiger partial charge in [-0.05, 0) is 51.6 Å². The number of rotatable bonds is 8. The summed E-state index contributed by atoms with van der Waals surface area (Å²) >= 11 is 0. The van der Waals surface area contributed by atoms with Gasteiger partial charge in [-0.25, -0.2) is 0 Å². The molecule has 1 heteroatoms. The molecule has 1 fully saturated rings. The molecule has 1 saturated carbocycles. The Morgan fingerprint density at radius 2 is 2.14 bits per heavy atom. The predicted molar refractivity (Wildman–Crippen MR) is 63.5 cm³/mol. The Kier molecular flexibility index (Phi) is 5.93. The molecule has 1 aliphatic rings. The normalized spacial score (nSPS) is 17.4. The van der Waals surface area contributed by atoms with Crippen molar-refractivity contribution >= 4 is 0 Å². The lowest BCUT2D eigenvalue weighted by Crippen LogP contribution is -2.15. The van der Waals surface area contributed by atoms with Crippen LogP contribution >= 0.6 is 0 Å². The number of hydrogen-bond donors (Lipinski definition) is 1. The highest BCUT2D eigenvalue weighted by atomic mass is 14.8. The number of nitrogens with one attached hydrogen (secondary N) is 1. The summed E-state index contributed by atoms with van der Waals surface area (Å²) in [5.74, 6) is 1.08. The summed E-state index contributed by atoms with van der Waals surface area (Å²) in [5, 5.41) is 3.42. The zero-order valence-corrected chi connectivity index (χ0v) is 9.81. The van der Waals surface area contributed by atoms with Crippen LogP contribution in [0.4, 0.5) is 0 Å². The fourth-order valence-corrected chi connectivity index (χ4v) is 1.66. The Morgan fingerprint density at radius 3 is 2.79 bits per heavy atom. The minimum Gasteiger partial charge on any atom is -0.316 e. The summed E-state index contributed by atoms with van der Waals surface area (Å²) in [6, 6.07) is 0. The van der Waals surface area contributed by atoms with E-state index in [1.165, 1.54) is 38.5 Å². The molecule has 82 valence electrons. The third kappa shape index (κ3) is 6.20. The zero-order valence-electron chi connectivity index (χ0n) is 9.81. The summed E-state index contributed by atoms with van der Waals surface area (Å²) < 4.78 is 0. The molecule has 0 heterocycles. The molecule has 0 unspecified atom stereocenters. The van der Waals surface area contributed by atoms with Gasteiger partial charge >= 0.3 is 0 Å². The van der Waals surface area contributed by atoms with Gasteiger partial charge in [-0.3, -0.25) is 0 Å². The van der Waals surface area contributed by atoms with Crippen LogP contribution in [0.3, 0.4) is 0 Å². The molecule has 1 N–H and O–H groups in total. The quantitative estimate of drug-likeness (QED) is 0.461. The lowest BCUT2D eigenvalue weighted by molar-refractivity contribution is 0.672. The molecule has 0 saturated heterocycles. The van der Waals surface area contributed by atoms with Gasteiger partial charge in [0.15, 0.2) is 0 Å². The first kappa shape index (κ1) is 11.8. The van der Waals surface area contributed by atoms with Crippen molar-refractivity contribution in [3.05, 3.63) is 11.6 Å². The maximum atomic E-state index is 3.42. The molecular formula is C13H25N. The molecule has 0 aromatic heterocycles. The molecule has 1 nitrogen and oxygen atoms in total. The van der Waals surface area contributed by atoms with Crippen LogP contribution in [0.5, 0.6) is 0 Å². The molecule has 1 aliphatic carbocycles. The second-order valence-corrected chi connectivity index (χ2v) is 4.57. The van der Waals surface area contributed by atoms with Crippen molar-refractivity contribution in [2.24, 2.45) is 5.92 Å². The summed E-state index contributed by atoms with van der Waals surface area (Å²) in [7, 11) is 0. The molecule has 1 rings (SSSR count). The standard InChI is InChI=1S/C13H25N/c1-3-10-14-11-4-5-12(2)6-7-13-8-9-13/h5,13-14H,3-4,6-11H2,1-2H3. The Bertz CT molecular complexity index is 168. The molecule has 0 aromatic rings.